The van der Waals surface area contributed by atoms with Gasteiger partial charge < -0.3 is 14.8 Å². The van der Waals surface area contributed by atoms with E-state index in [0.717, 1.165) is 12.7 Å². The fourth-order valence-electron chi connectivity index (χ4n) is 4.10. The van der Waals surface area contributed by atoms with E-state index in [0.29, 0.717) is 5.56 Å². The average Bonchev–Trinajstić information content (AvgIpc) is 2.98. The Bertz CT molecular complexity index is 1640. The molecule has 0 fully saturated rings. The number of Topliss-reactive ketones (excluding diaryl/α,β-unsaturated/α-hetero) is 1. The van der Waals surface area contributed by atoms with E-state index in [1.165, 1.54) is 31.2 Å². The number of sulfonamides is 1. The molecular formula is C31H28N2O7S. The quantitative estimate of drug-likeness (QED) is 0.188. The molecule has 0 aliphatic carbocycles. The molecule has 210 valence electrons. The summed E-state index contributed by atoms with van der Waals surface area (Å²) in [5.74, 6) is -3.34. The lowest BCUT2D eigenvalue weighted by atomic mass is 9.92. The highest BCUT2D eigenvalue weighted by molar-refractivity contribution is 7.92. The predicted octanol–water partition coefficient (Wildman–Crippen LogP) is 5.16. The maximum Gasteiger partial charge on any atom is 0.320 e. The first kappa shape index (κ1) is 29.0. The summed E-state index contributed by atoms with van der Waals surface area (Å²) in [5, 5.41) is 2.75. The van der Waals surface area contributed by atoms with Crippen molar-refractivity contribution < 1.29 is 32.3 Å². The Kier molecular flexibility index (Phi) is 9.15. The normalized spacial score (nSPS) is 11.7. The molecule has 4 rings (SSSR count). The SMILES string of the molecule is COC(=O)C(C(C)=O)c1cc(NS(=O)(=O)c2ccccc2)c(OCc2ccccc2)cc1NC(=O)c1ccccc1. The summed E-state index contributed by atoms with van der Waals surface area (Å²) in [4.78, 5) is 38.5. The van der Waals surface area contributed by atoms with Crippen molar-refractivity contribution in [2.24, 2.45) is 0 Å². The first-order valence-corrected chi connectivity index (χ1v) is 14.0. The monoisotopic (exact) mass is 572 g/mol. The molecule has 0 radical (unpaired) electrons. The van der Waals surface area contributed by atoms with Crippen LogP contribution in [0, 0.1) is 0 Å². The highest BCUT2D eigenvalue weighted by atomic mass is 32.2. The number of carbonyl (C=O) groups is 3. The molecule has 4 aromatic carbocycles. The van der Waals surface area contributed by atoms with Gasteiger partial charge in [0.25, 0.3) is 15.9 Å². The first-order chi connectivity index (χ1) is 19.7. The lowest BCUT2D eigenvalue weighted by Crippen LogP contribution is -2.24. The van der Waals surface area contributed by atoms with E-state index in [4.69, 9.17) is 9.47 Å². The molecule has 9 nitrogen and oxygen atoms in total. The number of rotatable bonds is 11. The Morgan fingerprint density at radius 3 is 1.98 bits per heavy atom. The molecule has 1 unspecified atom stereocenters. The molecule has 41 heavy (non-hydrogen) atoms. The lowest BCUT2D eigenvalue weighted by molar-refractivity contribution is -0.145. The number of amides is 1. The van der Waals surface area contributed by atoms with Gasteiger partial charge in [-0.3, -0.25) is 19.1 Å². The molecule has 0 saturated heterocycles. The van der Waals surface area contributed by atoms with Crippen molar-refractivity contribution in [2.45, 2.75) is 24.3 Å². The molecule has 1 atom stereocenters. The van der Waals surface area contributed by atoms with Crippen molar-refractivity contribution in [2.75, 3.05) is 17.1 Å². The molecule has 0 aliphatic rings. The number of anilines is 2. The van der Waals surface area contributed by atoms with Crippen LogP contribution >= 0.6 is 0 Å². The van der Waals surface area contributed by atoms with Crippen LogP contribution in [0.2, 0.25) is 0 Å². The molecule has 10 heteroatoms. The summed E-state index contributed by atoms with van der Waals surface area (Å²) >= 11 is 0. The Morgan fingerprint density at radius 1 is 0.805 bits per heavy atom. The van der Waals surface area contributed by atoms with Gasteiger partial charge in [-0.05, 0) is 48.4 Å². The zero-order chi connectivity index (χ0) is 29.4. The Balaban J connectivity index is 1.86. The predicted molar refractivity (Wildman–Crippen MR) is 154 cm³/mol. The van der Waals surface area contributed by atoms with Gasteiger partial charge in [0.15, 0.2) is 0 Å². The van der Waals surface area contributed by atoms with Crippen LogP contribution in [0.25, 0.3) is 0 Å². The van der Waals surface area contributed by atoms with Crippen LogP contribution in [0.1, 0.15) is 34.3 Å². The second-order valence-corrected chi connectivity index (χ2v) is 10.7. The number of benzene rings is 4. The standard InChI is InChI=1S/C31H28N2O7S/c1-21(34)29(31(36)39-2)25-18-27(33-41(37,38)24-16-10-5-11-17-24)28(40-20-22-12-6-3-7-13-22)19-26(25)32-30(35)23-14-8-4-9-15-23/h3-19,29,33H,20H2,1-2H3,(H,32,35). The van der Waals surface area contributed by atoms with Crippen LogP contribution in [0.15, 0.2) is 108 Å². The molecule has 0 aromatic heterocycles. The number of nitrogens with one attached hydrogen (secondary N) is 2. The minimum Gasteiger partial charge on any atom is -0.487 e. The minimum absolute atomic E-state index is 0.00639. The minimum atomic E-state index is -4.10. The molecular weight excluding hydrogens is 544 g/mol. The fourth-order valence-corrected chi connectivity index (χ4v) is 5.18. The van der Waals surface area contributed by atoms with Crippen LogP contribution in [0.3, 0.4) is 0 Å². The van der Waals surface area contributed by atoms with Crippen LogP contribution < -0.4 is 14.8 Å². The Morgan fingerprint density at radius 2 is 1.39 bits per heavy atom. The van der Waals surface area contributed by atoms with Gasteiger partial charge in [0.05, 0.1) is 17.7 Å². The van der Waals surface area contributed by atoms with Crippen molar-refractivity contribution in [3.8, 4) is 5.75 Å². The van der Waals surface area contributed by atoms with E-state index in [2.05, 4.69) is 10.0 Å². The number of hydrogen-bond donors (Lipinski definition) is 2. The van der Waals surface area contributed by atoms with Crippen molar-refractivity contribution >= 4 is 39.1 Å². The molecule has 0 saturated carbocycles. The van der Waals surface area contributed by atoms with Crippen LogP contribution in [-0.2, 0) is 31.0 Å². The van der Waals surface area contributed by atoms with Crippen LogP contribution in [0.4, 0.5) is 11.4 Å². The molecule has 1 amide bonds. The number of ketones is 1. The topological polar surface area (TPSA) is 128 Å². The van der Waals surface area contributed by atoms with Gasteiger partial charge in [-0.1, -0.05) is 66.7 Å². The van der Waals surface area contributed by atoms with Gasteiger partial charge in [-0.25, -0.2) is 8.42 Å². The maximum atomic E-state index is 13.3. The van der Waals surface area contributed by atoms with Gasteiger partial charge in [-0.2, -0.15) is 0 Å². The summed E-state index contributed by atoms with van der Waals surface area (Å²) in [6, 6.07) is 27.9. The third-order valence-corrected chi connectivity index (χ3v) is 7.51. The van der Waals surface area contributed by atoms with Crippen molar-refractivity contribution in [3.05, 3.63) is 120 Å². The zero-order valence-electron chi connectivity index (χ0n) is 22.4. The Hall–Kier alpha value is -4.96. The zero-order valence-corrected chi connectivity index (χ0v) is 23.2. The number of ether oxygens (including phenoxy) is 2. The largest absolute Gasteiger partial charge is 0.487 e. The van der Waals surface area contributed by atoms with Gasteiger partial charge in [-0.15, -0.1) is 0 Å². The molecule has 0 spiro atoms. The van der Waals surface area contributed by atoms with Gasteiger partial charge in [0.2, 0.25) is 0 Å². The van der Waals surface area contributed by atoms with Crippen molar-refractivity contribution in [1.82, 2.24) is 0 Å². The lowest BCUT2D eigenvalue weighted by Gasteiger charge is -2.22. The van der Waals surface area contributed by atoms with E-state index < -0.39 is 33.6 Å². The molecule has 0 heterocycles. The molecule has 4 aromatic rings. The molecule has 0 bridgehead atoms. The Labute approximate surface area is 238 Å². The van der Waals surface area contributed by atoms with Gasteiger partial charge >= 0.3 is 5.97 Å². The fraction of sp³-hybridized carbons (Fsp3) is 0.129. The van der Waals surface area contributed by atoms with Gasteiger partial charge in [0.1, 0.15) is 24.1 Å². The average molecular weight is 573 g/mol. The summed E-state index contributed by atoms with van der Waals surface area (Å²) in [5.41, 5.74) is 1.21. The third-order valence-electron chi connectivity index (χ3n) is 6.13. The summed E-state index contributed by atoms with van der Waals surface area (Å²) in [7, 11) is -2.97. The first-order valence-electron chi connectivity index (χ1n) is 12.6. The van der Waals surface area contributed by atoms with E-state index in [-0.39, 0.29) is 34.2 Å². The van der Waals surface area contributed by atoms with Crippen molar-refractivity contribution in [3.63, 3.8) is 0 Å². The number of esters is 1. The van der Waals surface area contributed by atoms with E-state index >= 15 is 0 Å². The van der Waals surface area contributed by atoms with Gasteiger partial charge in [0, 0.05) is 17.3 Å². The maximum absolute atomic E-state index is 13.3. The summed E-state index contributed by atoms with van der Waals surface area (Å²) < 4.78 is 40.0. The molecule has 2 N–H and O–H groups in total. The van der Waals surface area contributed by atoms with E-state index in [1.807, 2.05) is 30.3 Å². The third kappa shape index (κ3) is 7.17. The smallest absolute Gasteiger partial charge is 0.320 e. The second-order valence-electron chi connectivity index (χ2n) is 9.02. The summed E-state index contributed by atoms with van der Waals surface area (Å²) in [6.07, 6.45) is 0. The second kappa shape index (κ2) is 12.9. The van der Waals surface area contributed by atoms with Crippen LogP contribution in [0.5, 0.6) is 5.75 Å². The highest BCUT2D eigenvalue weighted by Crippen LogP contribution is 2.38. The number of hydrogen-bond acceptors (Lipinski definition) is 7. The van der Waals surface area contributed by atoms with Crippen molar-refractivity contribution in [1.29, 1.82) is 0 Å². The van der Waals surface area contributed by atoms with E-state index in [9.17, 15) is 22.8 Å². The highest BCUT2D eigenvalue weighted by Gasteiger charge is 2.31. The number of methoxy groups -OCH3 is 1. The molecule has 0 aliphatic heterocycles. The number of carbonyl (C=O) groups excluding carboxylic acids is 3. The van der Waals surface area contributed by atoms with E-state index in [1.54, 1.807) is 48.5 Å². The summed E-state index contributed by atoms with van der Waals surface area (Å²) in [6.45, 7) is 1.28. The van der Waals surface area contributed by atoms with Crippen LogP contribution in [-0.4, -0.2) is 33.2 Å².